The molecule has 70 heavy (non-hydrogen) atoms. The number of hydrogen-bond acceptors (Lipinski definition) is 6. The lowest BCUT2D eigenvalue weighted by Crippen LogP contribution is -2.30. The monoisotopic (exact) mass is 967 g/mol. The highest BCUT2D eigenvalue weighted by Crippen LogP contribution is 2.14. The fourth-order valence-electron chi connectivity index (χ4n) is 7.24. The molecule has 0 heterocycles. The van der Waals surface area contributed by atoms with Crippen molar-refractivity contribution in [2.24, 2.45) is 0 Å². The lowest BCUT2D eigenvalue weighted by molar-refractivity contribution is -0.167. The third-order valence-electron chi connectivity index (χ3n) is 11.4. The Balaban J connectivity index is 4.16. The minimum absolute atomic E-state index is 0.0998. The molecule has 0 fully saturated rings. The van der Waals surface area contributed by atoms with E-state index >= 15 is 0 Å². The Bertz CT molecular complexity index is 1530. The van der Waals surface area contributed by atoms with Crippen molar-refractivity contribution in [3.8, 4) is 0 Å². The van der Waals surface area contributed by atoms with E-state index in [1.165, 1.54) is 57.8 Å². The smallest absolute Gasteiger partial charge is 0.306 e. The summed E-state index contributed by atoms with van der Waals surface area (Å²) in [5, 5.41) is 0. The Labute approximate surface area is 430 Å². The summed E-state index contributed by atoms with van der Waals surface area (Å²) >= 11 is 0. The average molecular weight is 968 g/mol. The van der Waals surface area contributed by atoms with E-state index in [-0.39, 0.29) is 37.5 Å². The topological polar surface area (TPSA) is 78.9 Å². The third-order valence-corrected chi connectivity index (χ3v) is 11.4. The summed E-state index contributed by atoms with van der Waals surface area (Å²) in [6.07, 6.45) is 80.5. The van der Waals surface area contributed by atoms with Crippen LogP contribution in [0.25, 0.3) is 0 Å². The van der Waals surface area contributed by atoms with Gasteiger partial charge in [-0.1, -0.05) is 231 Å². The van der Waals surface area contributed by atoms with Crippen molar-refractivity contribution < 1.29 is 28.6 Å². The summed E-state index contributed by atoms with van der Waals surface area (Å²) in [6.45, 7) is 6.29. The second kappa shape index (κ2) is 57.1. The van der Waals surface area contributed by atoms with Crippen LogP contribution in [0.2, 0.25) is 0 Å². The molecule has 1 atom stereocenters. The van der Waals surface area contributed by atoms with Crippen LogP contribution < -0.4 is 0 Å². The van der Waals surface area contributed by atoms with Gasteiger partial charge in [-0.25, -0.2) is 0 Å². The van der Waals surface area contributed by atoms with Crippen LogP contribution in [-0.4, -0.2) is 37.2 Å². The SMILES string of the molecule is CC/C=C\C/C=C\C/C=C\C/C=C\C/C=C\C/C=C\C/C=C\CCCCCCCCCCCC(=O)OCC(COC(=O)CCCCCCCC)OC(=O)CCCC/C=C\C/C=C\C/C=C\C/C=C\CC. The second-order valence-electron chi connectivity index (χ2n) is 18.1. The molecule has 0 rings (SSSR count). The molecule has 0 spiro atoms. The van der Waals surface area contributed by atoms with Crippen LogP contribution in [0.4, 0.5) is 0 Å². The average Bonchev–Trinajstić information content (AvgIpc) is 3.36. The first-order valence-corrected chi connectivity index (χ1v) is 28.2. The van der Waals surface area contributed by atoms with E-state index in [2.05, 4.69) is 154 Å². The van der Waals surface area contributed by atoms with E-state index < -0.39 is 6.10 Å². The maximum Gasteiger partial charge on any atom is 0.306 e. The first kappa shape index (κ1) is 65.5. The standard InChI is InChI=1S/C64H102O6/c1-4-7-10-13-16-18-20-22-24-25-26-27-28-29-30-31-32-33-34-35-36-37-38-39-41-42-44-46-48-51-54-57-63(66)69-60-61(59-68-62(65)56-53-50-15-12-9-6-3)70-64(67)58-55-52-49-47-45-43-40-23-21-19-17-14-11-8-5-2/h7-8,10-11,16-19,22-24,26-27,29-30,32-33,35-36,40,45,47,61H,4-6,9,12-15,20-21,25,28,31,34,37-39,41-44,46,48-60H2,1-3H3/b10-7-,11-8-,18-16-,19-17-,24-22-,27-26-,30-29-,33-32-,36-35-,40-23-,47-45-. The predicted molar refractivity (Wildman–Crippen MR) is 302 cm³/mol. The van der Waals surface area contributed by atoms with Crippen molar-refractivity contribution in [3.63, 3.8) is 0 Å². The molecule has 6 nitrogen and oxygen atoms in total. The van der Waals surface area contributed by atoms with E-state index in [1.807, 2.05) is 0 Å². The minimum atomic E-state index is -0.802. The molecule has 0 N–H and O–H groups in total. The van der Waals surface area contributed by atoms with E-state index in [0.29, 0.717) is 19.3 Å². The van der Waals surface area contributed by atoms with Gasteiger partial charge in [-0.15, -0.1) is 0 Å². The van der Waals surface area contributed by atoms with Crippen LogP contribution in [-0.2, 0) is 28.6 Å². The van der Waals surface area contributed by atoms with Gasteiger partial charge in [0.05, 0.1) is 0 Å². The number of unbranched alkanes of at least 4 members (excludes halogenated alkanes) is 16. The van der Waals surface area contributed by atoms with Gasteiger partial charge in [-0.2, -0.15) is 0 Å². The number of rotatable bonds is 49. The lowest BCUT2D eigenvalue weighted by Gasteiger charge is -2.18. The van der Waals surface area contributed by atoms with E-state index in [0.717, 1.165) is 128 Å². The molecule has 0 bridgehead atoms. The highest BCUT2D eigenvalue weighted by molar-refractivity contribution is 5.71. The summed E-state index contributed by atoms with van der Waals surface area (Å²) in [7, 11) is 0. The van der Waals surface area contributed by atoms with Gasteiger partial charge in [0.15, 0.2) is 6.10 Å². The molecular formula is C64H102O6. The Morgan fingerprint density at radius 2 is 0.557 bits per heavy atom. The summed E-state index contributed by atoms with van der Waals surface area (Å²) in [4.78, 5) is 37.8. The molecule has 0 aliphatic carbocycles. The molecule has 0 aromatic rings. The van der Waals surface area contributed by atoms with Crippen LogP contribution in [0.5, 0.6) is 0 Å². The van der Waals surface area contributed by atoms with Gasteiger partial charge in [0.25, 0.3) is 0 Å². The van der Waals surface area contributed by atoms with Crippen molar-refractivity contribution in [1.29, 1.82) is 0 Å². The van der Waals surface area contributed by atoms with Gasteiger partial charge in [0.1, 0.15) is 13.2 Å². The molecular weight excluding hydrogens is 865 g/mol. The van der Waals surface area contributed by atoms with Crippen LogP contribution in [0.3, 0.4) is 0 Å². The first-order valence-electron chi connectivity index (χ1n) is 28.2. The quantitative estimate of drug-likeness (QED) is 0.0262. The highest BCUT2D eigenvalue weighted by atomic mass is 16.6. The minimum Gasteiger partial charge on any atom is -0.462 e. The number of carbonyl (C=O) groups is 3. The summed E-state index contributed by atoms with van der Waals surface area (Å²) < 4.78 is 16.7. The fourth-order valence-corrected chi connectivity index (χ4v) is 7.24. The third kappa shape index (κ3) is 54.5. The Hall–Kier alpha value is -4.45. The predicted octanol–water partition coefficient (Wildman–Crippen LogP) is 19.0. The van der Waals surface area contributed by atoms with E-state index in [1.54, 1.807) is 0 Å². The van der Waals surface area contributed by atoms with Crippen molar-refractivity contribution >= 4 is 17.9 Å². The number of esters is 3. The number of ether oxygens (including phenoxy) is 3. The zero-order valence-electron chi connectivity index (χ0n) is 45.0. The van der Waals surface area contributed by atoms with Crippen LogP contribution in [0, 0.1) is 0 Å². The molecule has 0 saturated heterocycles. The Kier molecular flexibility index (Phi) is 53.5. The van der Waals surface area contributed by atoms with Crippen molar-refractivity contribution in [2.45, 2.75) is 239 Å². The second-order valence-corrected chi connectivity index (χ2v) is 18.1. The zero-order chi connectivity index (χ0) is 50.7. The molecule has 1 unspecified atom stereocenters. The van der Waals surface area contributed by atoms with Crippen LogP contribution in [0.15, 0.2) is 134 Å². The molecule has 0 aliphatic rings. The largest absolute Gasteiger partial charge is 0.462 e. The van der Waals surface area contributed by atoms with Gasteiger partial charge >= 0.3 is 17.9 Å². The van der Waals surface area contributed by atoms with Gasteiger partial charge in [0.2, 0.25) is 0 Å². The van der Waals surface area contributed by atoms with E-state index in [4.69, 9.17) is 14.2 Å². The molecule has 0 aliphatic heterocycles. The van der Waals surface area contributed by atoms with Gasteiger partial charge in [-0.05, 0) is 116 Å². The Morgan fingerprint density at radius 1 is 0.300 bits per heavy atom. The van der Waals surface area contributed by atoms with Crippen molar-refractivity contribution in [2.75, 3.05) is 13.2 Å². The maximum absolute atomic E-state index is 12.7. The summed E-state index contributed by atoms with van der Waals surface area (Å²) in [5.74, 6) is -0.965. The molecule has 6 heteroatoms. The van der Waals surface area contributed by atoms with Gasteiger partial charge in [0, 0.05) is 19.3 Å². The van der Waals surface area contributed by atoms with Crippen molar-refractivity contribution in [1.82, 2.24) is 0 Å². The highest BCUT2D eigenvalue weighted by Gasteiger charge is 2.19. The molecule has 0 aromatic carbocycles. The molecule has 394 valence electrons. The first-order chi connectivity index (χ1) is 34.5. The molecule has 0 saturated carbocycles. The van der Waals surface area contributed by atoms with Crippen LogP contribution in [0.1, 0.15) is 233 Å². The summed E-state index contributed by atoms with van der Waals surface area (Å²) in [6, 6.07) is 0. The number of allylic oxidation sites excluding steroid dienone is 22. The van der Waals surface area contributed by atoms with Gasteiger partial charge in [-0.3, -0.25) is 14.4 Å². The molecule has 0 radical (unpaired) electrons. The normalized spacial score (nSPS) is 13.1. The zero-order valence-corrected chi connectivity index (χ0v) is 45.0. The summed E-state index contributed by atoms with van der Waals surface area (Å²) in [5.41, 5.74) is 0. The van der Waals surface area contributed by atoms with Gasteiger partial charge < -0.3 is 14.2 Å². The lowest BCUT2D eigenvalue weighted by atomic mass is 10.1. The number of hydrogen-bond donors (Lipinski definition) is 0. The van der Waals surface area contributed by atoms with Crippen molar-refractivity contribution in [3.05, 3.63) is 134 Å². The maximum atomic E-state index is 12.7. The van der Waals surface area contributed by atoms with Crippen LogP contribution >= 0.6 is 0 Å². The molecule has 0 aromatic heterocycles. The van der Waals surface area contributed by atoms with E-state index in [9.17, 15) is 14.4 Å². The molecule has 0 amide bonds. The number of carbonyl (C=O) groups excluding carboxylic acids is 3. The fraction of sp³-hybridized carbons (Fsp3) is 0.609. The Morgan fingerprint density at radius 3 is 0.900 bits per heavy atom.